The zero-order chi connectivity index (χ0) is 51.2. The number of nitrogens with zero attached hydrogens (tertiary/aromatic N) is 3. The van der Waals surface area contributed by atoms with E-state index in [1.165, 1.54) is 11.8 Å². The van der Waals surface area contributed by atoms with Gasteiger partial charge in [0.1, 0.15) is 42.7 Å². The molecule has 0 bridgehead atoms. The number of benzene rings is 2. The lowest BCUT2D eigenvalue weighted by molar-refractivity contribution is -0.130. The molecule has 69 heavy (non-hydrogen) atoms. The minimum absolute atomic E-state index is 0.0704. The summed E-state index contributed by atoms with van der Waals surface area (Å²) in [5, 5.41) is 118. The molecule has 0 aliphatic carbocycles. The molecule has 3 rings (SSSR count). The maximum absolute atomic E-state index is 13.2. The Kier molecular flexibility index (Phi) is 25.1. The Bertz CT molecular complexity index is 2030. The Hall–Kier alpha value is -5.15. The van der Waals surface area contributed by atoms with Gasteiger partial charge in [0.05, 0.1) is 25.4 Å². The molecule has 0 aliphatic heterocycles. The molecule has 0 saturated heterocycles. The first-order valence-corrected chi connectivity index (χ1v) is 23.0. The molecule has 3 aromatic rings. The number of amides is 3. The third kappa shape index (κ3) is 19.6. The molecule has 23 nitrogen and oxygen atoms in total. The monoisotopic (exact) mass is 992 g/mol. The van der Waals surface area contributed by atoms with Crippen LogP contribution in [0.3, 0.4) is 0 Å². The second-order valence-electron chi connectivity index (χ2n) is 16.7. The summed E-state index contributed by atoms with van der Waals surface area (Å²) in [5.74, 6) is -2.07. The number of carbonyl (C=O) groups excluding carboxylic acids is 3. The maximum atomic E-state index is 13.2. The molecule has 19 N–H and O–H groups in total. The van der Waals surface area contributed by atoms with Crippen LogP contribution in [-0.4, -0.2) is 190 Å². The summed E-state index contributed by atoms with van der Waals surface area (Å²) < 4.78 is 0. The van der Waals surface area contributed by atoms with E-state index in [0.29, 0.717) is 38.8 Å². The number of aryl methyl sites for hydroxylation is 2. The molecule has 0 aliphatic rings. The summed E-state index contributed by atoms with van der Waals surface area (Å²) in [6, 6.07) is 15.5. The number of nitrogens with two attached hydrogens (primary N) is 2. The third-order valence-corrected chi connectivity index (χ3v) is 11.5. The van der Waals surface area contributed by atoms with Crippen LogP contribution in [0.25, 0.3) is 11.1 Å². The fourth-order valence-electron chi connectivity index (χ4n) is 7.17. The van der Waals surface area contributed by atoms with E-state index in [-0.39, 0.29) is 41.4 Å². The normalized spacial score (nSPS) is 15.5. The molecule has 9 atom stereocenters. The summed E-state index contributed by atoms with van der Waals surface area (Å²) in [5.41, 5.74) is 15.3. The first-order valence-electron chi connectivity index (χ1n) is 22.6. The lowest BCUT2D eigenvalue weighted by atomic mass is 9.99. The standard InChI is InChI=1S/C45H69ClN10O13/c1-25(59)52-30(9-3-5-20-56(21-31(60)36(64)38(66)33(62)23-57)22-32(61)37(65)39(67)34(63)24-58)43(68)50-19-6-8-27-12-16-29(17-13-27)28-14-10-26(11-15-28)7-2-4-18-51-45(49)55-44(69)35-41(47)54-42(48)40(46)53-35/h10-17,30-34,36-39,57-58,60-67H,2-9,18-24H2,1H3,(H,50,68)(H,52,59)(H4,47,48,54)(H3,49,51,55,69)/t30-,31-,32-,33+,34+,36+,37+,38+,39+/m0/s1. The van der Waals surface area contributed by atoms with Crippen LogP contribution in [0.2, 0.25) is 5.15 Å². The topological polar surface area (TPSA) is 407 Å². The van der Waals surface area contributed by atoms with Crippen molar-refractivity contribution in [3.05, 3.63) is 70.5 Å². The molecule has 1 heterocycles. The summed E-state index contributed by atoms with van der Waals surface area (Å²) in [4.78, 5) is 46.5. The highest BCUT2D eigenvalue weighted by atomic mass is 35.5. The van der Waals surface area contributed by atoms with Crippen LogP contribution < -0.4 is 32.7 Å². The molecule has 1 aromatic heterocycles. The fourth-order valence-corrected chi connectivity index (χ4v) is 7.30. The van der Waals surface area contributed by atoms with Crippen molar-refractivity contribution in [2.24, 2.45) is 0 Å². The van der Waals surface area contributed by atoms with Crippen molar-refractivity contribution in [3.63, 3.8) is 0 Å². The third-order valence-electron chi connectivity index (χ3n) is 11.2. The number of hydrogen-bond acceptors (Lipinski definition) is 19. The number of aliphatic hydroxyl groups excluding tert-OH is 10. The van der Waals surface area contributed by atoms with Gasteiger partial charge in [-0.3, -0.25) is 30.0 Å². The van der Waals surface area contributed by atoms with Crippen LogP contribution in [0.4, 0.5) is 11.6 Å². The van der Waals surface area contributed by atoms with E-state index in [0.717, 1.165) is 41.5 Å². The molecular weight excluding hydrogens is 924 g/mol. The number of aromatic nitrogens is 2. The van der Waals surface area contributed by atoms with E-state index >= 15 is 0 Å². The number of unbranched alkanes of at least 4 members (excludes halogenated alkanes) is 2. The van der Waals surface area contributed by atoms with Crippen molar-refractivity contribution < 1.29 is 65.4 Å². The largest absolute Gasteiger partial charge is 0.394 e. The number of nitrogens with one attached hydrogen (secondary N) is 5. The lowest BCUT2D eigenvalue weighted by Gasteiger charge is -2.33. The average molecular weight is 994 g/mol. The number of halogens is 1. The van der Waals surface area contributed by atoms with Crippen LogP contribution in [0.1, 0.15) is 67.1 Å². The maximum Gasteiger partial charge on any atom is 0.280 e. The van der Waals surface area contributed by atoms with Crippen LogP contribution in [-0.2, 0) is 22.4 Å². The summed E-state index contributed by atoms with van der Waals surface area (Å²) in [6.45, 7) is -0.503. The molecule has 2 aromatic carbocycles. The molecule has 0 fully saturated rings. The van der Waals surface area contributed by atoms with Crippen molar-refractivity contribution in [2.75, 3.05) is 57.4 Å². The van der Waals surface area contributed by atoms with E-state index in [1.807, 2.05) is 24.3 Å². The SMILES string of the molecule is CC(=O)N[C@@H](CCCCN(C[C@H](O)[C@@H](O)[C@H](O)[C@H](O)CO)C[C@H](O)[C@@H](O)[C@H](O)[C@H](O)CO)C(=O)NCCCc1ccc(-c2ccc(CCCCNC(=N)NC(=O)c3nc(Cl)c(N)nc3N)cc2)cc1. The smallest absolute Gasteiger partial charge is 0.280 e. The molecule has 3 amide bonds. The zero-order valence-corrected chi connectivity index (χ0v) is 39.2. The highest BCUT2D eigenvalue weighted by molar-refractivity contribution is 6.31. The second kappa shape index (κ2) is 29.8. The Morgan fingerprint density at radius 2 is 1.16 bits per heavy atom. The van der Waals surface area contributed by atoms with Crippen molar-refractivity contribution in [3.8, 4) is 11.1 Å². The number of guanidine groups is 1. The molecular formula is C45H69ClN10O13. The Balaban J connectivity index is 1.42. The van der Waals surface area contributed by atoms with Crippen molar-refractivity contribution in [2.45, 2.75) is 113 Å². The van der Waals surface area contributed by atoms with E-state index in [4.69, 9.17) is 38.7 Å². The van der Waals surface area contributed by atoms with Gasteiger partial charge in [-0.05, 0) is 80.2 Å². The van der Waals surface area contributed by atoms with Gasteiger partial charge < -0.3 is 78.5 Å². The lowest BCUT2D eigenvalue weighted by Crippen LogP contribution is -2.53. The van der Waals surface area contributed by atoms with Crippen LogP contribution in [0.5, 0.6) is 0 Å². The Morgan fingerprint density at radius 1 is 0.667 bits per heavy atom. The van der Waals surface area contributed by atoms with Gasteiger partial charge in [0.2, 0.25) is 11.8 Å². The molecule has 0 spiro atoms. The number of hydrogen-bond donors (Lipinski definition) is 17. The summed E-state index contributed by atoms with van der Waals surface area (Å²) in [6.07, 6.45) is -10.1. The van der Waals surface area contributed by atoms with Gasteiger partial charge in [-0.1, -0.05) is 60.1 Å². The van der Waals surface area contributed by atoms with E-state index < -0.39 is 98.9 Å². The van der Waals surface area contributed by atoms with E-state index in [1.54, 1.807) is 0 Å². The van der Waals surface area contributed by atoms with Gasteiger partial charge in [-0.2, -0.15) is 0 Å². The number of aliphatic hydroxyl groups is 10. The van der Waals surface area contributed by atoms with Crippen LogP contribution in [0, 0.1) is 5.41 Å². The summed E-state index contributed by atoms with van der Waals surface area (Å²) in [7, 11) is 0. The van der Waals surface area contributed by atoms with E-state index in [2.05, 4.69) is 55.5 Å². The van der Waals surface area contributed by atoms with Gasteiger partial charge in [-0.25, -0.2) is 9.97 Å². The molecule has 0 saturated carbocycles. The van der Waals surface area contributed by atoms with E-state index in [9.17, 15) is 55.2 Å². The first kappa shape index (κ1) is 58.2. The fraction of sp³-hybridized carbons (Fsp3) is 0.556. The second-order valence-corrected chi connectivity index (χ2v) is 17.1. The number of rotatable bonds is 30. The Morgan fingerprint density at radius 3 is 1.67 bits per heavy atom. The Labute approximate surface area is 405 Å². The molecule has 384 valence electrons. The van der Waals surface area contributed by atoms with Gasteiger partial charge in [0, 0.05) is 33.1 Å². The predicted octanol–water partition coefficient (Wildman–Crippen LogP) is -2.86. The minimum atomic E-state index is -1.92. The van der Waals surface area contributed by atoms with Gasteiger partial charge >= 0.3 is 0 Å². The highest BCUT2D eigenvalue weighted by Crippen LogP contribution is 2.22. The highest BCUT2D eigenvalue weighted by Gasteiger charge is 2.34. The molecule has 0 radical (unpaired) electrons. The molecule has 0 unspecified atom stereocenters. The predicted molar refractivity (Wildman–Crippen MR) is 255 cm³/mol. The average Bonchev–Trinajstić information content (AvgIpc) is 3.33. The van der Waals surface area contributed by atoms with Gasteiger partial charge in [0.15, 0.2) is 28.4 Å². The number of anilines is 2. The van der Waals surface area contributed by atoms with Crippen molar-refractivity contribution >= 4 is 46.9 Å². The van der Waals surface area contributed by atoms with Crippen LogP contribution >= 0.6 is 11.6 Å². The van der Waals surface area contributed by atoms with Crippen molar-refractivity contribution in [1.29, 1.82) is 5.41 Å². The first-order chi connectivity index (χ1) is 32.7. The van der Waals surface area contributed by atoms with Gasteiger partial charge in [0.25, 0.3) is 5.91 Å². The van der Waals surface area contributed by atoms with Crippen molar-refractivity contribution in [1.82, 2.24) is 36.1 Å². The summed E-state index contributed by atoms with van der Waals surface area (Å²) >= 11 is 5.83. The minimum Gasteiger partial charge on any atom is -0.394 e. The number of nitrogen functional groups attached to an aromatic ring is 2. The quantitative estimate of drug-likeness (QED) is 0.0181. The zero-order valence-electron chi connectivity index (χ0n) is 38.5. The van der Waals surface area contributed by atoms with Crippen LogP contribution in [0.15, 0.2) is 48.5 Å². The number of carbonyl (C=O) groups is 3. The van der Waals surface area contributed by atoms with Gasteiger partial charge in [-0.15, -0.1) is 0 Å². The molecule has 24 heteroatoms.